The van der Waals surface area contributed by atoms with Crippen LogP contribution in [0.1, 0.15) is 35.0 Å². The van der Waals surface area contributed by atoms with Crippen molar-refractivity contribution in [3.05, 3.63) is 34.0 Å². The summed E-state index contributed by atoms with van der Waals surface area (Å²) in [6, 6.07) is 0. The fraction of sp³-hybridized carbons (Fsp3) is 0.462. The van der Waals surface area contributed by atoms with Crippen molar-refractivity contribution in [2.75, 3.05) is 6.54 Å². The predicted octanol–water partition coefficient (Wildman–Crippen LogP) is 1.64. The third-order valence-electron chi connectivity index (χ3n) is 3.48. The molecule has 3 rings (SSSR count). The van der Waals surface area contributed by atoms with Gasteiger partial charge in [-0.1, -0.05) is 0 Å². The van der Waals surface area contributed by atoms with Gasteiger partial charge in [0.15, 0.2) is 0 Å². The van der Waals surface area contributed by atoms with E-state index in [4.69, 9.17) is 0 Å². The van der Waals surface area contributed by atoms with Crippen LogP contribution >= 0.6 is 11.3 Å². The van der Waals surface area contributed by atoms with Crippen LogP contribution in [-0.4, -0.2) is 27.6 Å². The molecule has 0 bridgehead atoms. The first-order chi connectivity index (χ1) is 9.34. The van der Waals surface area contributed by atoms with E-state index in [2.05, 4.69) is 20.5 Å². The summed E-state index contributed by atoms with van der Waals surface area (Å²) >= 11 is 1.62. The Morgan fingerprint density at radius 3 is 3.37 bits per heavy atom. The number of aromatic nitrogens is 3. The lowest BCUT2D eigenvalue weighted by atomic mass is 9.86. The molecule has 0 spiro atoms. The quantitative estimate of drug-likeness (QED) is 0.892. The Kier molecular flexibility index (Phi) is 3.59. The molecule has 2 N–H and O–H groups in total. The zero-order valence-corrected chi connectivity index (χ0v) is 11.4. The highest BCUT2D eigenvalue weighted by atomic mass is 32.1. The van der Waals surface area contributed by atoms with Gasteiger partial charge in [-0.2, -0.15) is 5.10 Å². The normalized spacial score (nSPS) is 18.0. The third kappa shape index (κ3) is 2.68. The minimum absolute atomic E-state index is 0.0428. The van der Waals surface area contributed by atoms with Crippen LogP contribution in [0.15, 0.2) is 17.8 Å². The molecule has 0 radical (unpaired) electrons. The van der Waals surface area contributed by atoms with Gasteiger partial charge in [-0.3, -0.25) is 9.89 Å². The summed E-state index contributed by atoms with van der Waals surface area (Å²) in [7, 11) is 0. The highest BCUT2D eigenvalue weighted by Crippen LogP contribution is 2.30. The first-order valence-corrected chi connectivity index (χ1v) is 7.41. The summed E-state index contributed by atoms with van der Waals surface area (Å²) in [4.78, 5) is 16.4. The predicted molar refractivity (Wildman–Crippen MR) is 73.1 cm³/mol. The van der Waals surface area contributed by atoms with Crippen molar-refractivity contribution in [1.29, 1.82) is 0 Å². The summed E-state index contributed by atoms with van der Waals surface area (Å²) < 4.78 is 0. The van der Waals surface area contributed by atoms with E-state index in [0.717, 1.165) is 41.9 Å². The fourth-order valence-corrected chi connectivity index (χ4v) is 3.15. The fourth-order valence-electron chi connectivity index (χ4n) is 2.53. The topological polar surface area (TPSA) is 70.7 Å². The zero-order chi connectivity index (χ0) is 13.1. The van der Waals surface area contributed by atoms with Crippen LogP contribution in [0, 0.1) is 0 Å². The summed E-state index contributed by atoms with van der Waals surface area (Å²) in [5.74, 6) is 0.0673. The summed E-state index contributed by atoms with van der Waals surface area (Å²) in [6.07, 6.45) is 7.34. The van der Waals surface area contributed by atoms with E-state index < -0.39 is 0 Å². The van der Waals surface area contributed by atoms with Gasteiger partial charge in [0, 0.05) is 35.8 Å². The van der Waals surface area contributed by atoms with Crippen molar-refractivity contribution in [1.82, 2.24) is 20.5 Å². The number of carbonyl (C=O) groups excluding carboxylic acids is 1. The van der Waals surface area contributed by atoms with Crippen LogP contribution in [0.5, 0.6) is 0 Å². The van der Waals surface area contributed by atoms with Gasteiger partial charge in [-0.05, 0) is 19.3 Å². The van der Waals surface area contributed by atoms with E-state index in [1.165, 1.54) is 0 Å². The Hall–Kier alpha value is -1.69. The van der Waals surface area contributed by atoms with Crippen LogP contribution in [0.3, 0.4) is 0 Å². The second-order valence-corrected chi connectivity index (χ2v) is 5.69. The van der Waals surface area contributed by atoms with Crippen molar-refractivity contribution in [3.8, 4) is 0 Å². The van der Waals surface area contributed by atoms with Gasteiger partial charge in [0.25, 0.3) is 0 Å². The van der Waals surface area contributed by atoms with Gasteiger partial charge < -0.3 is 5.32 Å². The number of nitrogens with one attached hydrogen (secondary N) is 2. The molecule has 0 saturated carbocycles. The standard InChI is InChI=1S/C13H16N4OS/c18-13(15-5-4-12-14-6-7-19-12)9-2-1-3-11-10(9)8-16-17-11/h6-9H,1-5H2,(H,15,18)(H,16,17). The number of hydrogen-bond acceptors (Lipinski definition) is 4. The first kappa shape index (κ1) is 12.3. The summed E-state index contributed by atoms with van der Waals surface area (Å²) in [5, 5.41) is 13.1. The SMILES string of the molecule is O=C(NCCc1nccs1)C1CCCc2[nH]ncc21. The van der Waals surface area contributed by atoms with E-state index >= 15 is 0 Å². The number of carbonyl (C=O) groups is 1. The Balaban J connectivity index is 1.57. The molecule has 1 aliphatic carbocycles. The number of amides is 1. The third-order valence-corrected chi connectivity index (χ3v) is 4.32. The number of nitrogens with zero attached hydrogens (tertiary/aromatic N) is 2. The first-order valence-electron chi connectivity index (χ1n) is 6.53. The van der Waals surface area contributed by atoms with Crippen LogP contribution < -0.4 is 5.32 Å². The van der Waals surface area contributed by atoms with E-state index in [0.29, 0.717) is 6.54 Å². The van der Waals surface area contributed by atoms with E-state index in [9.17, 15) is 4.79 Å². The molecule has 6 heteroatoms. The molecule has 1 atom stereocenters. The van der Waals surface area contributed by atoms with Gasteiger partial charge in [0.05, 0.1) is 17.1 Å². The Labute approximate surface area is 115 Å². The number of H-pyrrole nitrogens is 1. The highest BCUT2D eigenvalue weighted by Gasteiger charge is 2.27. The van der Waals surface area contributed by atoms with Crippen molar-refractivity contribution >= 4 is 17.2 Å². The number of hydrogen-bond donors (Lipinski definition) is 2. The molecule has 0 saturated heterocycles. The van der Waals surface area contributed by atoms with E-state index in [1.54, 1.807) is 23.7 Å². The van der Waals surface area contributed by atoms with Crippen LogP contribution in [-0.2, 0) is 17.6 Å². The van der Waals surface area contributed by atoms with E-state index in [1.807, 2.05) is 5.38 Å². The number of aryl methyl sites for hydroxylation is 1. The minimum Gasteiger partial charge on any atom is -0.355 e. The summed E-state index contributed by atoms with van der Waals surface area (Å²) in [6.45, 7) is 0.649. The second-order valence-electron chi connectivity index (χ2n) is 4.72. The lowest BCUT2D eigenvalue weighted by Crippen LogP contribution is -2.32. The minimum atomic E-state index is -0.0428. The Bertz CT molecular complexity index is 549. The van der Waals surface area contributed by atoms with Crippen molar-refractivity contribution in [2.45, 2.75) is 31.6 Å². The summed E-state index contributed by atoms with van der Waals surface area (Å²) in [5.41, 5.74) is 2.18. The van der Waals surface area contributed by atoms with Crippen LogP contribution in [0.4, 0.5) is 0 Å². The molecule has 19 heavy (non-hydrogen) atoms. The number of rotatable bonds is 4. The van der Waals surface area contributed by atoms with Crippen molar-refractivity contribution < 1.29 is 4.79 Å². The van der Waals surface area contributed by atoms with Gasteiger partial charge >= 0.3 is 0 Å². The second kappa shape index (κ2) is 5.52. The van der Waals surface area contributed by atoms with Crippen LogP contribution in [0.25, 0.3) is 0 Å². The number of fused-ring (bicyclic) bond motifs is 1. The highest BCUT2D eigenvalue weighted by molar-refractivity contribution is 7.09. The molecular formula is C13H16N4OS. The average molecular weight is 276 g/mol. The zero-order valence-electron chi connectivity index (χ0n) is 10.6. The lowest BCUT2D eigenvalue weighted by molar-refractivity contribution is -0.122. The number of thiazole rings is 1. The monoisotopic (exact) mass is 276 g/mol. The molecular weight excluding hydrogens is 260 g/mol. The number of aromatic amines is 1. The van der Waals surface area contributed by atoms with Crippen molar-refractivity contribution in [2.24, 2.45) is 0 Å². The Morgan fingerprint density at radius 1 is 1.58 bits per heavy atom. The van der Waals surface area contributed by atoms with Gasteiger partial charge in [0.2, 0.25) is 5.91 Å². The molecule has 1 unspecified atom stereocenters. The smallest absolute Gasteiger partial charge is 0.227 e. The molecule has 100 valence electrons. The largest absolute Gasteiger partial charge is 0.355 e. The molecule has 0 aliphatic heterocycles. The van der Waals surface area contributed by atoms with Gasteiger partial charge in [-0.25, -0.2) is 4.98 Å². The molecule has 1 amide bonds. The average Bonchev–Trinajstić information content (AvgIpc) is 3.08. The Morgan fingerprint density at radius 2 is 2.53 bits per heavy atom. The maximum atomic E-state index is 12.2. The van der Waals surface area contributed by atoms with E-state index in [-0.39, 0.29) is 11.8 Å². The maximum Gasteiger partial charge on any atom is 0.227 e. The molecule has 2 aromatic rings. The molecule has 0 aromatic carbocycles. The van der Waals surface area contributed by atoms with Gasteiger partial charge in [-0.15, -0.1) is 11.3 Å². The van der Waals surface area contributed by atoms with Gasteiger partial charge in [0.1, 0.15) is 0 Å². The van der Waals surface area contributed by atoms with Crippen LogP contribution in [0.2, 0.25) is 0 Å². The molecule has 5 nitrogen and oxygen atoms in total. The lowest BCUT2D eigenvalue weighted by Gasteiger charge is -2.20. The maximum absolute atomic E-state index is 12.2. The molecule has 1 aliphatic rings. The van der Waals surface area contributed by atoms with Crippen molar-refractivity contribution in [3.63, 3.8) is 0 Å². The molecule has 2 aromatic heterocycles. The molecule has 0 fully saturated rings. The molecule has 2 heterocycles.